The van der Waals surface area contributed by atoms with Gasteiger partial charge >= 0.3 is 0 Å². The second-order valence-corrected chi connectivity index (χ2v) is 7.48. The standard InChI is InChI=1S/C16H31N/c1-13(2)10-16(7-8-16)12-17-9-5-6-15(11-17)14(3)4/h13-15H,5-12H2,1-4H3. The molecule has 0 bridgehead atoms. The fourth-order valence-corrected chi connectivity index (χ4v) is 3.72. The third-order valence-corrected chi connectivity index (χ3v) is 4.84. The fraction of sp³-hybridized carbons (Fsp3) is 1.00. The molecule has 0 aromatic rings. The summed E-state index contributed by atoms with van der Waals surface area (Å²) in [5.41, 5.74) is 0.729. The molecule has 0 radical (unpaired) electrons. The molecule has 1 nitrogen and oxygen atoms in total. The first-order valence-electron chi connectivity index (χ1n) is 7.73. The molecule has 1 saturated carbocycles. The van der Waals surface area contributed by atoms with E-state index in [-0.39, 0.29) is 0 Å². The van der Waals surface area contributed by atoms with E-state index in [2.05, 4.69) is 32.6 Å². The Morgan fingerprint density at radius 3 is 2.41 bits per heavy atom. The van der Waals surface area contributed by atoms with Gasteiger partial charge in [0.25, 0.3) is 0 Å². The van der Waals surface area contributed by atoms with Gasteiger partial charge in [0.2, 0.25) is 0 Å². The number of nitrogens with zero attached hydrogens (tertiary/aromatic N) is 1. The van der Waals surface area contributed by atoms with E-state index >= 15 is 0 Å². The van der Waals surface area contributed by atoms with E-state index in [1.54, 1.807) is 0 Å². The van der Waals surface area contributed by atoms with Crippen LogP contribution < -0.4 is 0 Å². The van der Waals surface area contributed by atoms with Crippen molar-refractivity contribution < 1.29 is 0 Å². The predicted molar refractivity (Wildman–Crippen MR) is 75.1 cm³/mol. The van der Waals surface area contributed by atoms with Gasteiger partial charge in [-0.25, -0.2) is 0 Å². The molecule has 0 spiro atoms. The van der Waals surface area contributed by atoms with Gasteiger partial charge in [0.15, 0.2) is 0 Å². The molecule has 1 unspecified atom stereocenters. The molecule has 1 saturated heterocycles. The van der Waals surface area contributed by atoms with E-state index in [9.17, 15) is 0 Å². The van der Waals surface area contributed by atoms with Crippen LogP contribution in [0.15, 0.2) is 0 Å². The molecule has 1 atom stereocenters. The molecular formula is C16H31N. The highest BCUT2D eigenvalue weighted by atomic mass is 15.1. The maximum Gasteiger partial charge on any atom is 0.00382 e. The van der Waals surface area contributed by atoms with Crippen molar-refractivity contribution in [1.82, 2.24) is 4.90 Å². The Morgan fingerprint density at radius 1 is 1.18 bits per heavy atom. The van der Waals surface area contributed by atoms with Crippen LogP contribution in [0.3, 0.4) is 0 Å². The first-order chi connectivity index (χ1) is 8.01. The Bertz CT molecular complexity index is 240. The lowest BCUT2D eigenvalue weighted by atomic mass is 9.86. The summed E-state index contributed by atoms with van der Waals surface area (Å²) >= 11 is 0. The van der Waals surface area contributed by atoms with Gasteiger partial charge in [-0.05, 0) is 61.8 Å². The zero-order valence-corrected chi connectivity index (χ0v) is 12.3. The first kappa shape index (κ1) is 13.4. The molecular weight excluding hydrogens is 206 g/mol. The van der Waals surface area contributed by atoms with Crippen LogP contribution in [0.4, 0.5) is 0 Å². The summed E-state index contributed by atoms with van der Waals surface area (Å²) in [7, 11) is 0. The van der Waals surface area contributed by atoms with E-state index in [4.69, 9.17) is 0 Å². The molecule has 0 aromatic carbocycles. The Balaban J connectivity index is 1.82. The lowest BCUT2D eigenvalue weighted by Gasteiger charge is -2.37. The molecule has 1 heteroatoms. The van der Waals surface area contributed by atoms with Crippen LogP contribution >= 0.6 is 0 Å². The molecule has 0 N–H and O–H groups in total. The quantitative estimate of drug-likeness (QED) is 0.693. The Labute approximate surface area is 108 Å². The Kier molecular flexibility index (Phi) is 4.18. The summed E-state index contributed by atoms with van der Waals surface area (Å²) < 4.78 is 0. The average molecular weight is 237 g/mol. The van der Waals surface area contributed by atoms with Crippen molar-refractivity contribution in [3.63, 3.8) is 0 Å². The van der Waals surface area contributed by atoms with E-state index in [1.165, 1.54) is 51.7 Å². The molecule has 1 aliphatic carbocycles. The van der Waals surface area contributed by atoms with Crippen LogP contribution in [0.1, 0.15) is 59.8 Å². The number of likely N-dealkylation sites (tertiary alicyclic amines) is 1. The monoisotopic (exact) mass is 237 g/mol. The van der Waals surface area contributed by atoms with Crippen LogP contribution in [-0.2, 0) is 0 Å². The van der Waals surface area contributed by atoms with Gasteiger partial charge in [-0.3, -0.25) is 0 Å². The predicted octanol–water partition coefficient (Wildman–Crippen LogP) is 4.18. The van der Waals surface area contributed by atoms with E-state index < -0.39 is 0 Å². The number of hydrogen-bond acceptors (Lipinski definition) is 1. The Morgan fingerprint density at radius 2 is 1.88 bits per heavy atom. The van der Waals surface area contributed by atoms with E-state index in [0.717, 1.165) is 23.2 Å². The van der Waals surface area contributed by atoms with Crippen LogP contribution in [-0.4, -0.2) is 24.5 Å². The topological polar surface area (TPSA) is 3.24 Å². The maximum absolute atomic E-state index is 2.78. The summed E-state index contributed by atoms with van der Waals surface area (Å²) in [6, 6.07) is 0. The van der Waals surface area contributed by atoms with Crippen molar-refractivity contribution in [2.24, 2.45) is 23.2 Å². The summed E-state index contributed by atoms with van der Waals surface area (Å²) in [6.07, 6.45) is 7.34. The highest BCUT2D eigenvalue weighted by molar-refractivity contribution is 4.96. The normalized spacial score (nSPS) is 28.9. The number of piperidine rings is 1. The molecule has 1 aliphatic heterocycles. The highest BCUT2D eigenvalue weighted by Crippen LogP contribution is 2.51. The minimum absolute atomic E-state index is 0.729. The van der Waals surface area contributed by atoms with Gasteiger partial charge in [-0.1, -0.05) is 27.7 Å². The SMILES string of the molecule is CC(C)CC1(CN2CCCC(C(C)C)C2)CC1. The van der Waals surface area contributed by atoms with Gasteiger partial charge in [0.05, 0.1) is 0 Å². The van der Waals surface area contributed by atoms with Gasteiger partial charge in [-0.15, -0.1) is 0 Å². The maximum atomic E-state index is 2.78. The number of hydrogen-bond donors (Lipinski definition) is 0. The van der Waals surface area contributed by atoms with Gasteiger partial charge in [0.1, 0.15) is 0 Å². The van der Waals surface area contributed by atoms with Crippen LogP contribution in [0.2, 0.25) is 0 Å². The summed E-state index contributed by atoms with van der Waals surface area (Å²) in [5.74, 6) is 2.71. The smallest absolute Gasteiger partial charge is 0.00382 e. The third kappa shape index (κ3) is 3.71. The van der Waals surface area contributed by atoms with Crippen LogP contribution in [0.25, 0.3) is 0 Å². The van der Waals surface area contributed by atoms with E-state index in [1.807, 2.05) is 0 Å². The third-order valence-electron chi connectivity index (χ3n) is 4.84. The largest absolute Gasteiger partial charge is 0.302 e. The van der Waals surface area contributed by atoms with Crippen molar-refractivity contribution >= 4 is 0 Å². The zero-order valence-electron chi connectivity index (χ0n) is 12.3. The second kappa shape index (κ2) is 5.30. The highest BCUT2D eigenvalue weighted by Gasteiger charge is 2.44. The molecule has 2 fully saturated rings. The van der Waals surface area contributed by atoms with Crippen LogP contribution in [0.5, 0.6) is 0 Å². The van der Waals surface area contributed by atoms with Crippen molar-refractivity contribution in [2.75, 3.05) is 19.6 Å². The van der Waals surface area contributed by atoms with Crippen molar-refractivity contribution in [3.8, 4) is 0 Å². The molecule has 17 heavy (non-hydrogen) atoms. The summed E-state index contributed by atoms with van der Waals surface area (Å²) in [6.45, 7) is 13.7. The number of rotatable bonds is 5. The molecule has 2 rings (SSSR count). The lowest BCUT2D eigenvalue weighted by molar-refractivity contribution is 0.115. The van der Waals surface area contributed by atoms with Crippen LogP contribution in [0, 0.1) is 23.2 Å². The van der Waals surface area contributed by atoms with E-state index in [0.29, 0.717) is 0 Å². The molecule has 0 amide bonds. The molecule has 100 valence electrons. The zero-order chi connectivity index (χ0) is 12.5. The van der Waals surface area contributed by atoms with Crippen molar-refractivity contribution in [1.29, 1.82) is 0 Å². The van der Waals surface area contributed by atoms with Crippen molar-refractivity contribution in [3.05, 3.63) is 0 Å². The lowest BCUT2D eigenvalue weighted by Crippen LogP contribution is -2.40. The molecule has 1 heterocycles. The summed E-state index contributed by atoms with van der Waals surface area (Å²) in [5, 5.41) is 0. The molecule has 0 aromatic heterocycles. The fourth-order valence-electron chi connectivity index (χ4n) is 3.72. The Hall–Kier alpha value is -0.0400. The first-order valence-corrected chi connectivity index (χ1v) is 7.73. The van der Waals surface area contributed by atoms with Gasteiger partial charge in [-0.2, -0.15) is 0 Å². The second-order valence-electron chi connectivity index (χ2n) is 7.48. The van der Waals surface area contributed by atoms with Gasteiger partial charge < -0.3 is 4.90 Å². The summed E-state index contributed by atoms with van der Waals surface area (Å²) in [4.78, 5) is 2.78. The minimum Gasteiger partial charge on any atom is -0.302 e. The molecule has 2 aliphatic rings. The van der Waals surface area contributed by atoms with Gasteiger partial charge in [0, 0.05) is 13.1 Å². The minimum atomic E-state index is 0.729. The average Bonchev–Trinajstić information content (AvgIpc) is 2.96. The van der Waals surface area contributed by atoms with Crippen molar-refractivity contribution in [2.45, 2.75) is 59.8 Å².